The van der Waals surface area contributed by atoms with Crippen molar-refractivity contribution in [1.29, 1.82) is 5.26 Å². The van der Waals surface area contributed by atoms with E-state index >= 15 is 0 Å². The second-order valence-corrected chi connectivity index (χ2v) is 6.66. The number of carbonyl (C=O) groups excluding carboxylic acids is 2. The maximum Gasteiger partial charge on any atom is 0.289 e. The van der Waals surface area contributed by atoms with Gasteiger partial charge in [-0.25, -0.2) is 0 Å². The van der Waals surface area contributed by atoms with E-state index in [-0.39, 0.29) is 17.9 Å². The fraction of sp³-hybridized carbons (Fsp3) is 0.353. The molecule has 3 rings (SSSR count). The number of anilines is 1. The second kappa shape index (κ2) is 7.51. The highest BCUT2D eigenvalue weighted by Crippen LogP contribution is 2.22. The summed E-state index contributed by atoms with van der Waals surface area (Å²) in [6.45, 7) is 4.13. The van der Waals surface area contributed by atoms with Crippen LogP contribution in [0.2, 0.25) is 0 Å². The zero-order valence-electron chi connectivity index (χ0n) is 13.8. The smallest absolute Gasteiger partial charge is 0.289 e. The van der Waals surface area contributed by atoms with E-state index < -0.39 is 0 Å². The van der Waals surface area contributed by atoms with Crippen LogP contribution in [0.15, 0.2) is 34.3 Å². The molecule has 1 fully saturated rings. The first-order chi connectivity index (χ1) is 12.1. The predicted molar refractivity (Wildman–Crippen MR) is 93.3 cm³/mol. The molecule has 0 aromatic carbocycles. The summed E-state index contributed by atoms with van der Waals surface area (Å²) in [6.07, 6.45) is 1.48. The third kappa shape index (κ3) is 3.73. The van der Waals surface area contributed by atoms with E-state index in [0.29, 0.717) is 42.5 Å². The molecule has 0 radical (unpaired) electrons. The SMILES string of the molecule is CC(C(=O)Nc1sccc1C#N)N1CCN(C(=O)c2ccco2)CC1. The highest BCUT2D eigenvalue weighted by atomic mass is 32.1. The van der Waals surface area contributed by atoms with E-state index in [2.05, 4.69) is 11.4 Å². The normalized spacial score (nSPS) is 16.2. The molecule has 1 atom stereocenters. The Balaban J connectivity index is 1.54. The Morgan fingerprint density at radius 3 is 2.72 bits per heavy atom. The monoisotopic (exact) mass is 358 g/mol. The minimum atomic E-state index is -0.338. The van der Waals surface area contributed by atoms with Gasteiger partial charge in [-0.1, -0.05) is 0 Å². The summed E-state index contributed by atoms with van der Waals surface area (Å²) in [7, 11) is 0. The van der Waals surface area contributed by atoms with Gasteiger partial charge in [-0.05, 0) is 30.5 Å². The summed E-state index contributed by atoms with van der Waals surface area (Å²) >= 11 is 1.33. The summed E-state index contributed by atoms with van der Waals surface area (Å²) in [5.41, 5.74) is 0.472. The molecule has 1 aliphatic heterocycles. The molecule has 0 bridgehead atoms. The fourth-order valence-corrected chi connectivity index (χ4v) is 3.49. The minimum Gasteiger partial charge on any atom is -0.459 e. The molecular formula is C17H18N4O3S. The number of hydrogen-bond donors (Lipinski definition) is 1. The summed E-state index contributed by atoms with van der Waals surface area (Å²) in [5.74, 6) is 0.0599. The molecule has 2 aromatic rings. The van der Waals surface area contributed by atoms with Crippen molar-refractivity contribution < 1.29 is 14.0 Å². The first-order valence-corrected chi connectivity index (χ1v) is 8.83. The van der Waals surface area contributed by atoms with Gasteiger partial charge in [0.15, 0.2) is 5.76 Å². The molecule has 1 aliphatic rings. The quantitative estimate of drug-likeness (QED) is 0.903. The van der Waals surface area contributed by atoms with Crippen LogP contribution in [-0.2, 0) is 4.79 Å². The van der Waals surface area contributed by atoms with Gasteiger partial charge in [-0.3, -0.25) is 14.5 Å². The van der Waals surface area contributed by atoms with Crippen molar-refractivity contribution in [2.75, 3.05) is 31.5 Å². The van der Waals surface area contributed by atoms with Crippen LogP contribution in [-0.4, -0.2) is 53.8 Å². The first-order valence-electron chi connectivity index (χ1n) is 7.95. The Morgan fingerprint density at radius 1 is 1.32 bits per heavy atom. The molecule has 1 unspecified atom stereocenters. The number of thiophene rings is 1. The van der Waals surface area contributed by atoms with Crippen LogP contribution in [0.4, 0.5) is 5.00 Å². The molecule has 8 heteroatoms. The third-order valence-electron chi connectivity index (χ3n) is 4.28. The van der Waals surface area contributed by atoms with Gasteiger partial charge < -0.3 is 14.6 Å². The molecule has 0 saturated carbocycles. The molecule has 130 valence electrons. The van der Waals surface area contributed by atoms with E-state index in [0.717, 1.165) is 0 Å². The lowest BCUT2D eigenvalue weighted by molar-refractivity contribution is -0.121. The number of nitrogens with zero attached hydrogens (tertiary/aromatic N) is 3. The molecule has 2 amide bonds. The molecule has 1 N–H and O–H groups in total. The van der Waals surface area contributed by atoms with Crippen molar-refractivity contribution in [3.63, 3.8) is 0 Å². The third-order valence-corrected chi connectivity index (χ3v) is 5.11. The highest BCUT2D eigenvalue weighted by Gasteiger charge is 2.29. The van der Waals surface area contributed by atoms with Crippen molar-refractivity contribution in [1.82, 2.24) is 9.80 Å². The van der Waals surface area contributed by atoms with E-state index in [9.17, 15) is 9.59 Å². The van der Waals surface area contributed by atoms with Crippen LogP contribution >= 0.6 is 11.3 Å². The van der Waals surface area contributed by atoms with Gasteiger partial charge in [0.1, 0.15) is 11.1 Å². The van der Waals surface area contributed by atoms with Crippen molar-refractivity contribution in [3.8, 4) is 6.07 Å². The molecule has 0 aliphatic carbocycles. The van der Waals surface area contributed by atoms with Crippen LogP contribution < -0.4 is 5.32 Å². The molecular weight excluding hydrogens is 340 g/mol. The minimum absolute atomic E-state index is 0.126. The lowest BCUT2D eigenvalue weighted by Gasteiger charge is -2.37. The maximum atomic E-state index is 12.4. The Bertz CT molecular complexity index is 785. The standard InChI is InChI=1S/C17H18N4O3S/c1-12(15(22)19-16-13(11-18)4-10-25-16)20-5-7-21(8-6-20)17(23)14-3-2-9-24-14/h2-4,9-10,12H,5-8H2,1H3,(H,19,22). The number of nitriles is 1. The Hall–Kier alpha value is -2.63. The van der Waals surface area contributed by atoms with Gasteiger partial charge in [-0.2, -0.15) is 5.26 Å². The van der Waals surface area contributed by atoms with Crippen molar-refractivity contribution in [2.24, 2.45) is 0 Å². The number of furan rings is 1. The lowest BCUT2D eigenvalue weighted by Crippen LogP contribution is -2.54. The molecule has 1 saturated heterocycles. The zero-order chi connectivity index (χ0) is 17.8. The van der Waals surface area contributed by atoms with Crippen LogP contribution in [0.5, 0.6) is 0 Å². The Labute approximate surface area is 149 Å². The zero-order valence-corrected chi connectivity index (χ0v) is 14.6. The van der Waals surface area contributed by atoms with Crippen LogP contribution in [0.1, 0.15) is 23.0 Å². The Morgan fingerprint density at radius 2 is 2.08 bits per heavy atom. The summed E-state index contributed by atoms with van der Waals surface area (Å²) in [5, 5.41) is 14.2. The number of carbonyl (C=O) groups is 2. The number of hydrogen-bond acceptors (Lipinski definition) is 6. The molecule has 25 heavy (non-hydrogen) atoms. The lowest BCUT2D eigenvalue weighted by atomic mass is 10.2. The van der Waals surface area contributed by atoms with Gasteiger partial charge in [0.05, 0.1) is 17.9 Å². The van der Waals surface area contributed by atoms with Gasteiger partial charge in [0, 0.05) is 26.2 Å². The topological polar surface area (TPSA) is 89.6 Å². The van der Waals surface area contributed by atoms with E-state index in [1.807, 2.05) is 11.8 Å². The van der Waals surface area contributed by atoms with Gasteiger partial charge in [0.25, 0.3) is 5.91 Å². The number of rotatable bonds is 4. The van der Waals surface area contributed by atoms with E-state index in [4.69, 9.17) is 9.68 Å². The van der Waals surface area contributed by atoms with Gasteiger partial charge >= 0.3 is 0 Å². The average Bonchev–Trinajstić information content (AvgIpc) is 3.32. The van der Waals surface area contributed by atoms with Crippen LogP contribution in [0.25, 0.3) is 0 Å². The largest absolute Gasteiger partial charge is 0.459 e. The Kier molecular flexibility index (Phi) is 5.16. The van der Waals surface area contributed by atoms with E-state index in [1.165, 1.54) is 17.6 Å². The van der Waals surface area contributed by atoms with Crippen molar-refractivity contribution >= 4 is 28.2 Å². The number of piperazine rings is 1. The predicted octanol–water partition coefficient (Wildman–Crippen LogP) is 2.00. The number of amides is 2. The summed E-state index contributed by atoms with van der Waals surface area (Å²) in [4.78, 5) is 28.4. The van der Waals surface area contributed by atoms with Crippen LogP contribution in [0, 0.1) is 11.3 Å². The van der Waals surface area contributed by atoms with Gasteiger partial charge in [0.2, 0.25) is 5.91 Å². The molecule has 0 spiro atoms. The first kappa shape index (κ1) is 17.2. The molecule has 3 heterocycles. The number of nitrogens with one attached hydrogen (secondary N) is 1. The molecule has 7 nitrogen and oxygen atoms in total. The van der Waals surface area contributed by atoms with Crippen LogP contribution in [0.3, 0.4) is 0 Å². The summed E-state index contributed by atoms with van der Waals surface area (Å²) < 4.78 is 5.15. The average molecular weight is 358 g/mol. The second-order valence-electron chi connectivity index (χ2n) is 5.75. The van der Waals surface area contributed by atoms with Crippen molar-refractivity contribution in [3.05, 3.63) is 41.2 Å². The maximum absolute atomic E-state index is 12.4. The van der Waals surface area contributed by atoms with Crippen molar-refractivity contribution in [2.45, 2.75) is 13.0 Å². The fourth-order valence-electron chi connectivity index (χ4n) is 2.74. The highest BCUT2D eigenvalue weighted by molar-refractivity contribution is 7.14. The molecule has 2 aromatic heterocycles. The summed E-state index contributed by atoms with van der Waals surface area (Å²) in [6, 6.07) is 6.75. The van der Waals surface area contributed by atoms with E-state index in [1.54, 1.807) is 28.5 Å². The van der Waals surface area contributed by atoms with Gasteiger partial charge in [-0.15, -0.1) is 11.3 Å².